The molecule has 4 rings (SSSR count). The van der Waals surface area contributed by atoms with Gasteiger partial charge in [-0.3, -0.25) is 18.7 Å². The minimum atomic E-state index is -0.0606. The normalized spacial score (nSPS) is 11.2. The minimum Gasteiger partial charge on any atom is -0.299 e. The van der Waals surface area contributed by atoms with Gasteiger partial charge in [0.15, 0.2) is 0 Å². The lowest BCUT2D eigenvalue weighted by molar-refractivity contribution is 0.539. The smallest absolute Gasteiger partial charge is 0.261 e. The number of hydrogen-bond acceptors (Lipinski definition) is 4. The standard InChI is InChI=1S/C19H16N4O2/c24-18-14-6-1-3-8-16(14)20-12-22(18)10-5-11-23-13-21-17-9-4-2-7-15(17)19(23)25/h1-4,6-9,12-13H,5,10-11H2. The van der Waals surface area contributed by atoms with Crippen LogP contribution in [0, 0.1) is 0 Å². The summed E-state index contributed by atoms with van der Waals surface area (Å²) in [5.74, 6) is 0. The summed E-state index contributed by atoms with van der Waals surface area (Å²) in [7, 11) is 0. The van der Waals surface area contributed by atoms with Crippen molar-refractivity contribution in [2.75, 3.05) is 0 Å². The summed E-state index contributed by atoms with van der Waals surface area (Å²) in [6.07, 6.45) is 3.76. The van der Waals surface area contributed by atoms with Gasteiger partial charge in [0.2, 0.25) is 0 Å². The zero-order valence-corrected chi connectivity index (χ0v) is 13.5. The van der Waals surface area contributed by atoms with Gasteiger partial charge in [0.05, 0.1) is 34.5 Å². The van der Waals surface area contributed by atoms with Gasteiger partial charge < -0.3 is 0 Å². The zero-order chi connectivity index (χ0) is 17.2. The topological polar surface area (TPSA) is 69.8 Å². The molecule has 0 atom stereocenters. The molecule has 0 aliphatic carbocycles. The Kier molecular flexibility index (Phi) is 3.85. The van der Waals surface area contributed by atoms with Crippen LogP contribution in [0.1, 0.15) is 6.42 Å². The van der Waals surface area contributed by atoms with Crippen LogP contribution in [0.3, 0.4) is 0 Å². The molecule has 0 fully saturated rings. The molecule has 0 aliphatic heterocycles. The van der Waals surface area contributed by atoms with Gasteiger partial charge >= 0.3 is 0 Å². The first-order valence-corrected chi connectivity index (χ1v) is 8.12. The molecule has 2 aromatic heterocycles. The molecule has 124 valence electrons. The maximum Gasteiger partial charge on any atom is 0.261 e. The van der Waals surface area contributed by atoms with Crippen molar-refractivity contribution < 1.29 is 0 Å². The monoisotopic (exact) mass is 332 g/mol. The van der Waals surface area contributed by atoms with E-state index in [0.717, 1.165) is 0 Å². The lowest BCUT2D eigenvalue weighted by Gasteiger charge is -2.08. The highest BCUT2D eigenvalue weighted by molar-refractivity contribution is 5.77. The molecule has 6 nitrogen and oxygen atoms in total. The maximum atomic E-state index is 12.5. The lowest BCUT2D eigenvalue weighted by atomic mass is 10.2. The lowest BCUT2D eigenvalue weighted by Crippen LogP contribution is -2.24. The van der Waals surface area contributed by atoms with E-state index in [0.29, 0.717) is 41.3 Å². The summed E-state index contributed by atoms with van der Waals surface area (Å²) >= 11 is 0. The third-order valence-electron chi connectivity index (χ3n) is 4.26. The second-order valence-corrected chi connectivity index (χ2v) is 5.87. The third kappa shape index (κ3) is 2.82. The van der Waals surface area contributed by atoms with Crippen molar-refractivity contribution in [3.63, 3.8) is 0 Å². The van der Waals surface area contributed by atoms with Crippen molar-refractivity contribution in [3.05, 3.63) is 81.9 Å². The summed E-state index contributed by atoms with van der Waals surface area (Å²) in [5.41, 5.74) is 1.27. The molecule has 2 heterocycles. The Hall–Kier alpha value is -3.28. The number of fused-ring (bicyclic) bond motifs is 2. The first-order valence-electron chi connectivity index (χ1n) is 8.12. The van der Waals surface area contributed by atoms with Crippen molar-refractivity contribution >= 4 is 21.8 Å². The number of nitrogens with zero attached hydrogens (tertiary/aromatic N) is 4. The molecule has 0 aliphatic rings. The number of aryl methyl sites for hydroxylation is 2. The van der Waals surface area contributed by atoms with Crippen molar-refractivity contribution in [1.82, 2.24) is 19.1 Å². The predicted molar refractivity (Wildman–Crippen MR) is 96.6 cm³/mol. The number of para-hydroxylation sites is 2. The van der Waals surface area contributed by atoms with Crippen molar-refractivity contribution in [2.24, 2.45) is 0 Å². The van der Waals surface area contributed by atoms with Crippen LogP contribution >= 0.6 is 0 Å². The van der Waals surface area contributed by atoms with Crippen LogP contribution in [-0.2, 0) is 13.1 Å². The summed E-state index contributed by atoms with van der Waals surface area (Å²) in [4.78, 5) is 33.5. The molecule has 0 unspecified atom stereocenters. The fourth-order valence-electron chi connectivity index (χ4n) is 2.94. The largest absolute Gasteiger partial charge is 0.299 e. The number of aromatic nitrogens is 4. The average molecular weight is 332 g/mol. The van der Waals surface area contributed by atoms with Gasteiger partial charge in [0.25, 0.3) is 11.1 Å². The van der Waals surface area contributed by atoms with Gasteiger partial charge in [-0.15, -0.1) is 0 Å². The Morgan fingerprint density at radius 3 is 1.60 bits per heavy atom. The van der Waals surface area contributed by atoms with Crippen LogP contribution in [0.2, 0.25) is 0 Å². The van der Waals surface area contributed by atoms with Crippen LogP contribution in [0.25, 0.3) is 21.8 Å². The van der Waals surface area contributed by atoms with E-state index in [1.54, 1.807) is 33.9 Å². The van der Waals surface area contributed by atoms with E-state index in [2.05, 4.69) is 9.97 Å². The van der Waals surface area contributed by atoms with Gasteiger partial charge in [-0.25, -0.2) is 9.97 Å². The van der Waals surface area contributed by atoms with E-state index < -0.39 is 0 Å². The highest BCUT2D eigenvalue weighted by Crippen LogP contribution is 2.06. The Labute approximate surface area is 143 Å². The summed E-state index contributed by atoms with van der Waals surface area (Å²) in [5, 5.41) is 1.21. The SMILES string of the molecule is O=c1c2ccccc2ncn1CCCn1cnc2ccccc2c1=O. The van der Waals surface area contributed by atoms with Gasteiger partial charge in [0.1, 0.15) is 0 Å². The Morgan fingerprint density at radius 1 is 0.680 bits per heavy atom. The Morgan fingerprint density at radius 2 is 1.12 bits per heavy atom. The predicted octanol–water partition coefficient (Wildman–Crippen LogP) is 2.20. The molecule has 4 aromatic rings. The number of rotatable bonds is 4. The van der Waals surface area contributed by atoms with Crippen molar-refractivity contribution in [2.45, 2.75) is 19.5 Å². The molecule has 0 radical (unpaired) electrons. The molecule has 6 heteroatoms. The number of hydrogen-bond donors (Lipinski definition) is 0. The van der Waals surface area contributed by atoms with Crippen LogP contribution < -0.4 is 11.1 Å². The minimum absolute atomic E-state index is 0.0606. The zero-order valence-electron chi connectivity index (χ0n) is 13.5. The van der Waals surface area contributed by atoms with Crippen molar-refractivity contribution in [1.29, 1.82) is 0 Å². The first-order chi connectivity index (χ1) is 12.2. The van der Waals surface area contributed by atoms with Crippen LogP contribution in [-0.4, -0.2) is 19.1 Å². The second kappa shape index (κ2) is 6.32. The molecule has 0 saturated carbocycles. The fourth-order valence-corrected chi connectivity index (χ4v) is 2.94. The van der Waals surface area contributed by atoms with Gasteiger partial charge in [-0.1, -0.05) is 24.3 Å². The highest BCUT2D eigenvalue weighted by Gasteiger charge is 2.05. The van der Waals surface area contributed by atoms with E-state index >= 15 is 0 Å². The summed E-state index contributed by atoms with van der Waals surface area (Å²) in [6.45, 7) is 0.992. The van der Waals surface area contributed by atoms with Crippen LogP contribution in [0.4, 0.5) is 0 Å². The molecule has 0 spiro atoms. The fraction of sp³-hybridized carbons (Fsp3) is 0.158. The quantitative estimate of drug-likeness (QED) is 0.574. The second-order valence-electron chi connectivity index (χ2n) is 5.87. The molecule has 0 bridgehead atoms. The average Bonchev–Trinajstić information content (AvgIpc) is 2.66. The Bertz CT molecular complexity index is 1080. The molecular formula is C19H16N4O2. The highest BCUT2D eigenvalue weighted by atomic mass is 16.1. The first kappa shape index (κ1) is 15.3. The molecular weight excluding hydrogens is 316 g/mol. The third-order valence-corrected chi connectivity index (χ3v) is 4.26. The van der Waals surface area contributed by atoms with Crippen LogP contribution in [0.15, 0.2) is 70.8 Å². The van der Waals surface area contributed by atoms with Gasteiger partial charge in [-0.05, 0) is 30.7 Å². The van der Waals surface area contributed by atoms with E-state index in [-0.39, 0.29) is 11.1 Å². The van der Waals surface area contributed by atoms with E-state index in [1.807, 2.05) is 36.4 Å². The molecule has 0 amide bonds. The van der Waals surface area contributed by atoms with E-state index in [1.165, 1.54) is 0 Å². The maximum absolute atomic E-state index is 12.5. The molecule has 2 aromatic carbocycles. The number of benzene rings is 2. The summed E-state index contributed by atoms with van der Waals surface area (Å²) in [6, 6.07) is 14.6. The summed E-state index contributed by atoms with van der Waals surface area (Å²) < 4.78 is 3.17. The van der Waals surface area contributed by atoms with Gasteiger partial charge in [-0.2, -0.15) is 0 Å². The Balaban J connectivity index is 1.55. The van der Waals surface area contributed by atoms with Crippen molar-refractivity contribution in [3.8, 4) is 0 Å². The van der Waals surface area contributed by atoms with Crippen LogP contribution in [0.5, 0.6) is 0 Å². The van der Waals surface area contributed by atoms with E-state index in [9.17, 15) is 9.59 Å². The molecule has 0 saturated heterocycles. The molecule has 25 heavy (non-hydrogen) atoms. The van der Waals surface area contributed by atoms with E-state index in [4.69, 9.17) is 0 Å². The van der Waals surface area contributed by atoms with Gasteiger partial charge in [0, 0.05) is 13.1 Å². The molecule has 0 N–H and O–H groups in total.